The third kappa shape index (κ3) is 5.72. The zero-order valence-corrected chi connectivity index (χ0v) is 20.7. The maximum atomic E-state index is 12.8. The normalized spacial score (nSPS) is 20.5. The third-order valence-electron chi connectivity index (χ3n) is 6.80. The number of fused-ring (bicyclic) bond motifs is 1. The van der Waals surface area contributed by atoms with Crippen molar-refractivity contribution in [1.29, 1.82) is 0 Å². The van der Waals surface area contributed by atoms with Crippen molar-refractivity contribution in [1.82, 2.24) is 4.90 Å². The van der Waals surface area contributed by atoms with Crippen molar-refractivity contribution in [3.63, 3.8) is 0 Å². The molecule has 6 heteroatoms. The van der Waals surface area contributed by atoms with Crippen LogP contribution in [0.4, 0.5) is 10.5 Å². The number of aryl methyl sites for hydroxylation is 1. The Labute approximate surface area is 202 Å². The number of ether oxygens (including phenoxy) is 2. The van der Waals surface area contributed by atoms with Crippen molar-refractivity contribution in [2.24, 2.45) is 5.92 Å². The molecule has 34 heavy (non-hydrogen) atoms. The van der Waals surface area contributed by atoms with E-state index in [-0.39, 0.29) is 23.7 Å². The summed E-state index contributed by atoms with van der Waals surface area (Å²) >= 11 is 0. The molecular weight excluding hydrogens is 428 g/mol. The van der Waals surface area contributed by atoms with Gasteiger partial charge in [0.2, 0.25) is 0 Å². The number of hydrogen-bond acceptors (Lipinski definition) is 5. The summed E-state index contributed by atoms with van der Waals surface area (Å²) in [4.78, 5) is 26.7. The molecule has 2 aromatic carbocycles. The van der Waals surface area contributed by atoms with Crippen LogP contribution in [0, 0.1) is 5.92 Å². The number of nitrogens with one attached hydrogen (secondary N) is 1. The summed E-state index contributed by atoms with van der Waals surface area (Å²) in [5.74, 6) is 1.43. The number of anilines is 1. The van der Waals surface area contributed by atoms with Crippen LogP contribution < -0.4 is 10.1 Å². The molecule has 0 radical (unpaired) electrons. The summed E-state index contributed by atoms with van der Waals surface area (Å²) in [7, 11) is 1.91. The van der Waals surface area contributed by atoms with E-state index in [0.717, 1.165) is 41.8 Å². The number of likely N-dealkylation sites (tertiary alicyclic amines) is 1. The zero-order chi connectivity index (χ0) is 24.3. The van der Waals surface area contributed by atoms with Gasteiger partial charge in [0.1, 0.15) is 11.4 Å². The van der Waals surface area contributed by atoms with Gasteiger partial charge in [0.15, 0.2) is 5.78 Å². The van der Waals surface area contributed by atoms with Gasteiger partial charge < -0.3 is 19.7 Å². The Balaban J connectivity index is 1.51. The molecule has 0 aromatic heterocycles. The Hall–Kier alpha value is -3.02. The molecule has 4 rings (SSSR count). The topological polar surface area (TPSA) is 67.9 Å². The van der Waals surface area contributed by atoms with Crippen LogP contribution in [-0.2, 0) is 11.2 Å². The average Bonchev–Trinajstić information content (AvgIpc) is 3.03. The van der Waals surface area contributed by atoms with Gasteiger partial charge >= 0.3 is 6.09 Å². The number of amides is 1. The standard InChI is InChI=1S/C28H36N2O4/c1-28(2,3)34-27(32)30-15-13-21(24(14-16-30)19-5-9-22(29-4)10-6-19)18-33-23-11-7-20-8-12-26(31)25(20)17-23/h5-7,9-11,17,21,24,29H,8,12-16,18H2,1-4H3/t21-,24-/m0/s1. The van der Waals surface area contributed by atoms with Gasteiger partial charge in [-0.15, -0.1) is 0 Å². The molecule has 2 atom stereocenters. The number of hydrogen-bond donors (Lipinski definition) is 1. The molecule has 2 aliphatic rings. The van der Waals surface area contributed by atoms with E-state index < -0.39 is 5.60 Å². The van der Waals surface area contributed by atoms with Crippen LogP contribution in [0.25, 0.3) is 0 Å². The Morgan fingerprint density at radius 2 is 1.79 bits per heavy atom. The number of nitrogens with zero attached hydrogens (tertiary/aromatic N) is 1. The highest BCUT2D eigenvalue weighted by Gasteiger charge is 2.32. The van der Waals surface area contributed by atoms with Gasteiger partial charge in [0.25, 0.3) is 0 Å². The second-order valence-electron chi connectivity index (χ2n) is 10.3. The lowest BCUT2D eigenvalue weighted by molar-refractivity contribution is 0.0253. The number of ketones is 1. The first-order valence-electron chi connectivity index (χ1n) is 12.3. The summed E-state index contributed by atoms with van der Waals surface area (Å²) in [6, 6.07) is 14.4. The molecule has 182 valence electrons. The third-order valence-corrected chi connectivity index (χ3v) is 6.80. The number of rotatable bonds is 5. The molecule has 1 aliphatic heterocycles. The quantitative estimate of drug-likeness (QED) is 0.618. The van der Waals surface area contributed by atoms with Gasteiger partial charge in [-0.3, -0.25) is 4.79 Å². The maximum absolute atomic E-state index is 12.8. The van der Waals surface area contributed by atoms with Gasteiger partial charge in [0, 0.05) is 43.7 Å². The van der Waals surface area contributed by atoms with E-state index in [0.29, 0.717) is 26.1 Å². The molecule has 1 N–H and O–H groups in total. The fourth-order valence-corrected chi connectivity index (χ4v) is 4.92. The monoisotopic (exact) mass is 464 g/mol. The highest BCUT2D eigenvalue weighted by molar-refractivity contribution is 6.00. The molecule has 1 amide bonds. The summed E-state index contributed by atoms with van der Waals surface area (Å²) in [5, 5.41) is 3.17. The van der Waals surface area contributed by atoms with E-state index in [2.05, 4.69) is 29.6 Å². The zero-order valence-electron chi connectivity index (χ0n) is 20.7. The average molecular weight is 465 g/mol. The summed E-state index contributed by atoms with van der Waals surface area (Å²) in [6.07, 6.45) is 2.82. The molecule has 6 nitrogen and oxygen atoms in total. The van der Waals surface area contributed by atoms with Crippen LogP contribution in [0.15, 0.2) is 42.5 Å². The molecule has 0 saturated carbocycles. The first kappa shape index (κ1) is 24.1. The van der Waals surface area contributed by atoms with E-state index in [1.165, 1.54) is 5.56 Å². The Bertz CT molecular complexity index is 1030. The van der Waals surface area contributed by atoms with E-state index >= 15 is 0 Å². The van der Waals surface area contributed by atoms with Gasteiger partial charge in [-0.2, -0.15) is 0 Å². The van der Waals surface area contributed by atoms with Gasteiger partial charge in [-0.05, 0) is 81.3 Å². The summed E-state index contributed by atoms with van der Waals surface area (Å²) < 4.78 is 11.9. The first-order valence-corrected chi connectivity index (χ1v) is 12.3. The molecule has 1 aliphatic carbocycles. The van der Waals surface area contributed by atoms with Crippen LogP contribution in [0.2, 0.25) is 0 Å². The lowest BCUT2D eigenvalue weighted by atomic mass is 9.83. The lowest BCUT2D eigenvalue weighted by Gasteiger charge is -2.26. The highest BCUT2D eigenvalue weighted by Crippen LogP contribution is 2.35. The minimum atomic E-state index is -0.515. The van der Waals surface area contributed by atoms with Crippen molar-refractivity contribution in [3.8, 4) is 5.75 Å². The van der Waals surface area contributed by atoms with Crippen molar-refractivity contribution >= 4 is 17.6 Å². The minimum absolute atomic E-state index is 0.199. The Kier molecular flexibility index (Phi) is 7.15. The molecule has 0 bridgehead atoms. The molecular formula is C28H36N2O4. The highest BCUT2D eigenvalue weighted by atomic mass is 16.6. The molecule has 0 unspecified atom stereocenters. The molecule has 1 saturated heterocycles. The van der Waals surface area contributed by atoms with E-state index in [1.54, 1.807) is 0 Å². The van der Waals surface area contributed by atoms with Crippen molar-refractivity contribution in [2.75, 3.05) is 32.1 Å². The number of benzene rings is 2. The van der Waals surface area contributed by atoms with Gasteiger partial charge in [-0.25, -0.2) is 4.79 Å². The smallest absolute Gasteiger partial charge is 0.410 e. The fourth-order valence-electron chi connectivity index (χ4n) is 4.92. The van der Waals surface area contributed by atoms with Crippen LogP contribution in [0.5, 0.6) is 5.75 Å². The molecule has 0 spiro atoms. The predicted molar refractivity (Wildman–Crippen MR) is 134 cm³/mol. The van der Waals surface area contributed by atoms with Gasteiger partial charge in [-0.1, -0.05) is 18.2 Å². The Morgan fingerprint density at radius 3 is 2.50 bits per heavy atom. The Morgan fingerprint density at radius 1 is 1.06 bits per heavy atom. The molecule has 2 aromatic rings. The molecule has 1 heterocycles. The van der Waals surface area contributed by atoms with E-state index in [9.17, 15) is 9.59 Å². The van der Waals surface area contributed by atoms with Crippen molar-refractivity contribution in [2.45, 2.75) is 58.0 Å². The predicted octanol–water partition coefficient (Wildman–Crippen LogP) is 5.67. The number of carbonyl (C=O) groups is 2. The largest absolute Gasteiger partial charge is 0.493 e. The van der Waals surface area contributed by atoms with Crippen molar-refractivity contribution in [3.05, 3.63) is 59.2 Å². The second-order valence-corrected chi connectivity index (χ2v) is 10.3. The summed E-state index contributed by atoms with van der Waals surface area (Å²) in [6.45, 7) is 7.51. The van der Waals surface area contributed by atoms with Crippen LogP contribution in [0.3, 0.4) is 0 Å². The van der Waals surface area contributed by atoms with Crippen LogP contribution in [-0.4, -0.2) is 49.1 Å². The van der Waals surface area contributed by atoms with Crippen LogP contribution in [0.1, 0.15) is 67.4 Å². The van der Waals surface area contributed by atoms with E-state index in [4.69, 9.17) is 9.47 Å². The lowest BCUT2D eigenvalue weighted by Crippen LogP contribution is -2.37. The van der Waals surface area contributed by atoms with E-state index in [1.807, 2.05) is 50.9 Å². The number of carbonyl (C=O) groups excluding carboxylic acids is 2. The molecule has 1 fully saturated rings. The summed E-state index contributed by atoms with van der Waals surface area (Å²) in [5.41, 5.74) is 3.72. The first-order chi connectivity index (χ1) is 16.2. The minimum Gasteiger partial charge on any atom is -0.493 e. The van der Waals surface area contributed by atoms with Gasteiger partial charge in [0.05, 0.1) is 6.61 Å². The SMILES string of the molecule is CNc1ccc([C@@H]2CCN(C(=O)OC(C)(C)C)CC[C@H]2COc2ccc3c(c2)C(=O)CC3)cc1. The van der Waals surface area contributed by atoms with Crippen molar-refractivity contribution < 1.29 is 19.1 Å². The van der Waals surface area contributed by atoms with Crippen LogP contribution >= 0.6 is 0 Å². The maximum Gasteiger partial charge on any atom is 0.410 e. The fraction of sp³-hybridized carbons (Fsp3) is 0.500. The number of Topliss-reactive ketones (excluding diaryl/α,β-unsaturated/α-hetero) is 1. The second kappa shape index (κ2) is 10.1.